The largest absolute Gasteiger partial charge is 0.495 e. The fourth-order valence-electron chi connectivity index (χ4n) is 2.28. The van der Waals surface area contributed by atoms with Gasteiger partial charge in [0.05, 0.1) is 34.9 Å². The second kappa shape index (κ2) is 9.90. The minimum absolute atomic E-state index is 0.0816. The molecular formula is C18H20ClN3O4S2. The third-order valence-electron chi connectivity index (χ3n) is 3.58. The first-order valence-corrected chi connectivity index (χ1v) is 10.6. The van der Waals surface area contributed by atoms with Crippen LogP contribution < -0.4 is 15.4 Å². The molecule has 0 bridgehead atoms. The van der Waals surface area contributed by atoms with Crippen molar-refractivity contribution in [2.45, 2.75) is 20.8 Å². The molecule has 2 aromatic rings. The van der Waals surface area contributed by atoms with Gasteiger partial charge in [-0.05, 0) is 25.5 Å². The second-order valence-electron chi connectivity index (χ2n) is 5.88. The van der Waals surface area contributed by atoms with Gasteiger partial charge in [0, 0.05) is 18.0 Å². The second-order valence-corrected chi connectivity index (χ2v) is 8.27. The number of nitrogens with one attached hydrogen (secondary N) is 2. The number of ether oxygens (including phenoxy) is 1. The van der Waals surface area contributed by atoms with Crippen molar-refractivity contribution in [2.24, 2.45) is 0 Å². The summed E-state index contributed by atoms with van der Waals surface area (Å²) in [7, 11) is 1.49. The van der Waals surface area contributed by atoms with Crippen LogP contribution >= 0.6 is 34.7 Å². The normalized spacial score (nSPS) is 10.5. The van der Waals surface area contributed by atoms with Gasteiger partial charge in [0.15, 0.2) is 10.9 Å². The van der Waals surface area contributed by atoms with Crippen LogP contribution in [0.4, 0.5) is 10.8 Å². The summed E-state index contributed by atoms with van der Waals surface area (Å²) in [6.07, 6.45) is 0. The van der Waals surface area contributed by atoms with Gasteiger partial charge in [-0.25, -0.2) is 4.98 Å². The highest BCUT2D eigenvalue weighted by atomic mass is 35.5. The van der Waals surface area contributed by atoms with Crippen LogP contribution in [0, 0.1) is 13.8 Å². The summed E-state index contributed by atoms with van der Waals surface area (Å²) in [5.41, 5.74) is 1.93. The molecule has 0 atom stereocenters. The minimum atomic E-state index is -0.290. The van der Waals surface area contributed by atoms with E-state index in [1.54, 1.807) is 19.1 Å². The Morgan fingerprint density at radius 2 is 1.82 bits per heavy atom. The lowest BCUT2D eigenvalue weighted by Gasteiger charge is -2.12. The number of anilines is 2. The highest BCUT2D eigenvalue weighted by molar-refractivity contribution is 8.00. The van der Waals surface area contributed by atoms with Gasteiger partial charge in [0.1, 0.15) is 5.75 Å². The van der Waals surface area contributed by atoms with Crippen molar-refractivity contribution in [3.63, 3.8) is 0 Å². The van der Waals surface area contributed by atoms with Crippen LogP contribution in [0.5, 0.6) is 5.75 Å². The minimum Gasteiger partial charge on any atom is -0.495 e. The predicted octanol–water partition coefficient (Wildman–Crippen LogP) is 3.93. The molecule has 1 aromatic carbocycles. The van der Waals surface area contributed by atoms with Crippen LogP contribution in [0.3, 0.4) is 0 Å². The molecule has 1 heterocycles. The molecule has 0 unspecified atom stereocenters. The van der Waals surface area contributed by atoms with Crippen molar-refractivity contribution in [2.75, 3.05) is 29.2 Å². The summed E-state index contributed by atoms with van der Waals surface area (Å²) >= 11 is 8.35. The van der Waals surface area contributed by atoms with Crippen LogP contribution in [0.2, 0.25) is 5.02 Å². The number of hydrogen-bond acceptors (Lipinski definition) is 7. The van der Waals surface area contributed by atoms with Crippen LogP contribution in [0.1, 0.15) is 27.9 Å². The fourth-order valence-corrected chi connectivity index (χ4v) is 3.93. The molecular weight excluding hydrogens is 422 g/mol. The molecule has 10 heteroatoms. The van der Waals surface area contributed by atoms with Gasteiger partial charge in [0.25, 0.3) is 0 Å². The molecule has 7 nitrogen and oxygen atoms in total. The van der Waals surface area contributed by atoms with E-state index >= 15 is 0 Å². The summed E-state index contributed by atoms with van der Waals surface area (Å²) in [5.74, 6) is -0.00335. The molecule has 2 N–H and O–H groups in total. The lowest BCUT2D eigenvalue weighted by Crippen LogP contribution is -2.18. The van der Waals surface area contributed by atoms with E-state index in [1.165, 1.54) is 25.8 Å². The van der Waals surface area contributed by atoms with Crippen LogP contribution in [-0.4, -0.2) is 41.2 Å². The quantitative estimate of drug-likeness (QED) is 0.602. The van der Waals surface area contributed by atoms with Crippen molar-refractivity contribution in [3.8, 4) is 5.75 Å². The van der Waals surface area contributed by atoms with E-state index in [-0.39, 0.29) is 29.1 Å². The summed E-state index contributed by atoms with van der Waals surface area (Å²) < 4.78 is 5.22. The zero-order valence-corrected chi connectivity index (χ0v) is 18.2. The van der Waals surface area contributed by atoms with Crippen LogP contribution in [0.15, 0.2) is 12.1 Å². The summed E-state index contributed by atoms with van der Waals surface area (Å²) in [6, 6.07) is 3.37. The molecule has 0 radical (unpaired) electrons. The van der Waals surface area contributed by atoms with Crippen LogP contribution in [-0.2, 0) is 9.59 Å². The number of halogens is 1. The first-order chi connectivity index (χ1) is 13.2. The number of amides is 2. The van der Waals surface area contributed by atoms with E-state index in [4.69, 9.17) is 16.3 Å². The SMILES string of the molecule is COc1cc(Cl)c(C)cc1NC(=O)CSCC(=O)Nc1nc(C)c(C(C)=O)s1. The molecule has 0 aliphatic carbocycles. The van der Waals surface area contributed by atoms with Gasteiger partial charge >= 0.3 is 0 Å². The Kier molecular flexibility index (Phi) is 7.85. The van der Waals surface area contributed by atoms with Gasteiger partial charge in [0.2, 0.25) is 11.8 Å². The number of aromatic nitrogens is 1. The van der Waals surface area contributed by atoms with Crippen molar-refractivity contribution < 1.29 is 19.1 Å². The smallest absolute Gasteiger partial charge is 0.236 e. The molecule has 2 rings (SSSR count). The first kappa shape index (κ1) is 22.2. The van der Waals surface area contributed by atoms with Crippen molar-refractivity contribution in [3.05, 3.63) is 33.3 Å². The summed E-state index contributed by atoms with van der Waals surface area (Å²) in [6.45, 7) is 5.00. The number of Topliss-reactive ketones (excluding diaryl/α,β-unsaturated/α-hetero) is 1. The maximum absolute atomic E-state index is 12.1. The number of nitrogens with zero attached hydrogens (tertiary/aromatic N) is 1. The van der Waals surface area contributed by atoms with Crippen molar-refractivity contribution in [1.29, 1.82) is 0 Å². The van der Waals surface area contributed by atoms with Gasteiger partial charge in [-0.3, -0.25) is 14.4 Å². The molecule has 1 aromatic heterocycles. The third-order valence-corrected chi connectivity index (χ3v) is 6.10. The Hall–Kier alpha value is -2.10. The third kappa shape index (κ3) is 5.95. The Morgan fingerprint density at radius 3 is 2.39 bits per heavy atom. The van der Waals surface area contributed by atoms with E-state index in [2.05, 4.69) is 15.6 Å². The number of carbonyl (C=O) groups is 3. The zero-order chi connectivity index (χ0) is 20.8. The number of thioether (sulfide) groups is 1. The lowest BCUT2D eigenvalue weighted by atomic mass is 10.2. The molecule has 0 fully saturated rings. The average molecular weight is 442 g/mol. The Balaban J connectivity index is 1.84. The van der Waals surface area contributed by atoms with E-state index in [1.807, 2.05) is 6.92 Å². The first-order valence-electron chi connectivity index (χ1n) is 8.21. The number of methoxy groups -OCH3 is 1. The summed E-state index contributed by atoms with van der Waals surface area (Å²) in [5, 5.41) is 6.32. The number of hydrogen-bond donors (Lipinski definition) is 2. The number of rotatable bonds is 8. The van der Waals surface area contributed by atoms with E-state index in [0.717, 1.165) is 16.9 Å². The van der Waals surface area contributed by atoms with Gasteiger partial charge < -0.3 is 15.4 Å². The molecule has 0 saturated carbocycles. The molecule has 2 amide bonds. The monoisotopic (exact) mass is 441 g/mol. The number of aryl methyl sites for hydroxylation is 2. The molecule has 0 saturated heterocycles. The standard InChI is InChI=1S/C18H20ClN3O4S2/c1-9-5-13(14(26-4)6-12(9)19)21-15(24)7-27-8-16(25)22-18-20-10(2)17(28-18)11(3)23/h5-6H,7-8H2,1-4H3,(H,21,24)(H,20,22,25). The highest BCUT2D eigenvalue weighted by Gasteiger charge is 2.14. The van der Waals surface area contributed by atoms with Gasteiger partial charge in [-0.15, -0.1) is 11.8 Å². The number of thiazole rings is 1. The Morgan fingerprint density at radius 1 is 1.18 bits per heavy atom. The molecule has 0 spiro atoms. The van der Waals surface area contributed by atoms with Gasteiger partial charge in [-0.2, -0.15) is 0 Å². The molecule has 0 aliphatic rings. The molecule has 0 aliphatic heterocycles. The lowest BCUT2D eigenvalue weighted by molar-refractivity contribution is -0.114. The Labute approximate surface area is 176 Å². The topological polar surface area (TPSA) is 97.4 Å². The highest BCUT2D eigenvalue weighted by Crippen LogP contribution is 2.31. The average Bonchev–Trinajstić information content (AvgIpc) is 2.98. The number of ketones is 1. The van der Waals surface area contributed by atoms with Gasteiger partial charge in [-0.1, -0.05) is 22.9 Å². The van der Waals surface area contributed by atoms with E-state index < -0.39 is 0 Å². The number of benzene rings is 1. The summed E-state index contributed by atoms with van der Waals surface area (Å²) in [4.78, 5) is 40.3. The maximum atomic E-state index is 12.1. The van der Waals surface area contributed by atoms with Crippen LogP contribution in [0.25, 0.3) is 0 Å². The molecule has 150 valence electrons. The zero-order valence-electron chi connectivity index (χ0n) is 15.8. The van der Waals surface area contributed by atoms with E-state index in [0.29, 0.717) is 32.2 Å². The van der Waals surface area contributed by atoms with Crippen molar-refractivity contribution >= 4 is 63.1 Å². The fraction of sp³-hybridized carbons (Fsp3) is 0.333. The van der Waals surface area contributed by atoms with E-state index in [9.17, 15) is 14.4 Å². The maximum Gasteiger partial charge on any atom is 0.236 e. The Bertz CT molecular complexity index is 914. The predicted molar refractivity (Wildman–Crippen MR) is 114 cm³/mol. The number of carbonyl (C=O) groups excluding carboxylic acids is 3. The molecule has 28 heavy (non-hydrogen) atoms. The van der Waals surface area contributed by atoms with Crippen molar-refractivity contribution in [1.82, 2.24) is 4.98 Å².